The van der Waals surface area contributed by atoms with Gasteiger partial charge in [-0.15, -0.1) is 4.72 Å². The number of alkyl carbamates (subject to hydrolysis) is 1. The zero-order valence-corrected chi connectivity index (χ0v) is 15.1. The molecule has 1 aliphatic carbocycles. The van der Waals surface area contributed by atoms with E-state index in [1.165, 1.54) is 0 Å². The molecular weight excluding hydrogens is 288 g/mol. The van der Waals surface area contributed by atoms with E-state index in [0.29, 0.717) is 5.92 Å². The van der Waals surface area contributed by atoms with Crippen LogP contribution in [0.4, 0.5) is 4.79 Å². The highest BCUT2D eigenvalue weighted by atomic mass is 32.2. The van der Waals surface area contributed by atoms with Gasteiger partial charge in [-0.25, -0.2) is 4.79 Å². The highest BCUT2D eigenvalue weighted by Crippen LogP contribution is 2.31. The summed E-state index contributed by atoms with van der Waals surface area (Å²) in [6, 6.07) is 0.346. The SMILES string of the molecule is C[C@H](N[S+]([O-])C(C)(C)C)C1CC(NC(=O)OC(C)(C)C)C1. The zero-order valence-electron chi connectivity index (χ0n) is 14.3. The molecule has 0 aromatic heterocycles. The summed E-state index contributed by atoms with van der Waals surface area (Å²) in [6.45, 7) is 13.5. The molecule has 1 aliphatic rings. The van der Waals surface area contributed by atoms with E-state index in [-0.39, 0.29) is 22.9 Å². The van der Waals surface area contributed by atoms with Crippen molar-refractivity contribution < 1.29 is 14.1 Å². The lowest BCUT2D eigenvalue weighted by atomic mass is 9.76. The van der Waals surface area contributed by atoms with Gasteiger partial charge in [-0.3, -0.25) is 0 Å². The molecule has 6 heteroatoms. The molecule has 2 atom stereocenters. The fourth-order valence-electron chi connectivity index (χ4n) is 2.10. The van der Waals surface area contributed by atoms with Crippen molar-refractivity contribution in [2.24, 2.45) is 5.92 Å². The Morgan fingerprint density at radius 3 is 2.19 bits per heavy atom. The minimum absolute atomic E-state index is 0.164. The van der Waals surface area contributed by atoms with Crippen molar-refractivity contribution in [3.05, 3.63) is 0 Å². The van der Waals surface area contributed by atoms with Gasteiger partial charge in [0.2, 0.25) is 0 Å². The van der Waals surface area contributed by atoms with Crippen molar-refractivity contribution in [2.45, 2.75) is 83.7 Å². The number of ether oxygens (including phenoxy) is 1. The van der Waals surface area contributed by atoms with Crippen molar-refractivity contribution in [1.82, 2.24) is 10.0 Å². The molecule has 5 nitrogen and oxygen atoms in total. The smallest absolute Gasteiger partial charge is 0.407 e. The second kappa shape index (κ2) is 6.75. The number of nitrogens with one attached hydrogen (secondary N) is 2. The summed E-state index contributed by atoms with van der Waals surface area (Å²) in [7, 11) is 0. The summed E-state index contributed by atoms with van der Waals surface area (Å²) in [5, 5.41) is 2.88. The van der Waals surface area contributed by atoms with E-state index in [1.807, 2.05) is 41.5 Å². The van der Waals surface area contributed by atoms with Crippen LogP contribution in [0.1, 0.15) is 61.3 Å². The number of hydrogen-bond acceptors (Lipinski definition) is 4. The van der Waals surface area contributed by atoms with Crippen molar-refractivity contribution in [2.75, 3.05) is 0 Å². The van der Waals surface area contributed by atoms with Crippen molar-refractivity contribution in [3.8, 4) is 0 Å². The van der Waals surface area contributed by atoms with Crippen LogP contribution in [0.15, 0.2) is 0 Å². The average molecular weight is 318 g/mol. The van der Waals surface area contributed by atoms with Gasteiger partial charge in [0.1, 0.15) is 10.3 Å². The third-order valence-electron chi connectivity index (χ3n) is 3.45. The molecule has 1 fully saturated rings. The summed E-state index contributed by atoms with van der Waals surface area (Å²) in [5.74, 6) is 0.441. The van der Waals surface area contributed by atoms with Crippen molar-refractivity contribution in [1.29, 1.82) is 0 Å². The molecule has 21 heavy (non-hydrogen) atoms. The fourth-order valence-corrected chi connectivity index (χ4v) is 2.99. The number of hydrogen-bond donors (Lipinski definition) is 2. The Kier molecular flexibility index (Phi) is 5.98. The first kappa shape index (κ1) is 18.6. The molecular formula is C15H30N2O3S. The van der Waals surface area contributed by atoms with Crippen LogP contribution < -0.4 is 10.0 Å². The molecule has 0 aliphatic heterocycles. The fraction of sp³-hybridized carbons (Fsp3) is 0.933. The summed E-state index contributed by atoms with van der Waals surface area (Å²) in [4.78, 5) is 11.7. The predicted octanol–water partition coefficient (Wildman–Crippen LogP) is 2.73. The van der Waals surface area contributed by atoms with Crippen LogP contribution in [0.25, 0.3) is 0 Å². The third kappa shape index (κ3) is 6.45. The lowest BCUT2D eigenvalue weighted by Crippen LogP contribution is -2.53. The molecule has 0 spiro atoms. The molecule has 0 heterocycles. The van der Waals surface area contributed by atoms with Gasteiger partial charge in [0, 0.05) is 17.4 Å². The Morgan fingerprint density at radius 1 is 1.24 bits per heavy atom. The molecule has 1 unspecified atom stereocenters. The minimum Gasteiger partial charge on any atom is -0.598 e. The van der Waals surface area contributed by atoms with Crippen LogP contribution >= 0.6 is 0 Å². The molecule has 124 valence electrons. The van der Waals surface area contributed by atoms with Crippen LogP contribution in [0, 0.1) is 5.92 Å². The number of carbonyl (C=O) groups excluding carboxylic acids is 1. The molecule has 0 aromatic rings. The summed E-state index contributed by atoms with van der Waals surface area (Å²) >= 11 is -1.05. The Hall–Kier alpha value is -0.460. The summed E-state index contributed by atoms with van der Waals surface area (Å²) < 4.78 is 20.2. The van der Waals surface area contributed by atoms with Gasteiger partial charge in [0.25, 0.3) is 0 Å². The molecule has 0 radical (unpaired) electrons. The van der Waals surface area contributed by atoms with Crippen LogP contribution in [-0.4, -0.2) is 33.1 Å². The second-order valence-electron chi connectivity index (χ2n) is 7.86. The van der Waals surface area contributed by atoms with Gasteiger partial charge in [0.05, 0.1) is 6.04 Å². The van der Waals surface area contributed by atoms with E-state index in [1.54, 1.807) is 0 Å². The van der Waals surface area contributed by atoms with Gasteiger partial charge in [-0.05, 0) is 67.2 Å². The molecule has 0 bridgehead atoms. The normalized spacial score (nSPS) is 25.7. The third-order valence-corrected chi connectivity index (χ3v) is 5.15. The van der Waals surface area contributed by atoms with Crippen LogP contribution in [-0.2, 0) is 16.1 Å². The van der Waals surface area contributed by atoms with Crippen LogP contribution in [0.5, 0.6) is 0 Å². The van der Waals surface area contributed by atoms with Crippen molar-refractivity contribution in [3.63, 3.8) is 0 Å². The molecule has 1 amide bonds. The zero-order chi connectivity index (χ0) is 16.4. The Balaban J connectivity index is 2.28. The lowest BCUT2D eigenvalue weighted by Gasteiger charge is -2.40. The van der Waals surface area contributed by atoms with E-state index in [4.69, 9.17) is 4.74 Å². The van der Waals surface area contributed by atoms with Gasteiger partial charge in [0.15, 0.2) is 0 Å². The Labute approximate surface area is 131 Å². The van der Waals surface area contributed by atoms with E-state index < -0.39 is 17.0 Å². The highest BCUT2D eigenvalue weighted by molar-refractivity contribution is 7.90. The minimum atomic E-state index is -1.05. The van der Waals surface area contributed by atoms with E-state index in [0.717, 1.165) is 12.8 Å². The first-order valence-corrected chi connectivity index (χ1v) is 8.71. The second-order valence-corrected chi connectivity index (χ2v) is 9.86. The molecule has 1 rings (SSSR count). The number of amides is 1. The monoisotopic (exact) mass is 318 g/mol. The largest absolute Gasteiger partial charge is 0.598 e. The van der Waals surface area contributed by atoms with Crippen molar-refractivity contribution >= 4 is 17.5 Å². The highest BCUT2D eigenvalue weighted by Gasteiger charge is 2.38. The van der Waals surface area contributed by atoms with Gasteiger partial charge >= 0.3 is 6.09 Å². The van der Waals surface area contributed by atoms with Crippen LogP contribution in [0.3, 0.4) is 0 Å². The van der Waals surface area contributed by atoms with E-state index in [9.17, 15) is 9.35 Å². The molecule has 1 saturated carbocycles. The maximum Gasteiger partial charge on any atom is 0.407 e. The van der Waals surface area contributed by atoms with Gasteiger partial charge in [-0.2, -0.15) is 0 Å². The molecule has 0 aromatic carbocycles. The topological polar surface area (TPSA) is 73.4 Å². The Bertz CT molecular complexity index is 357. The predicted molar refractivity (Wildman–Crippen MR) is 86.4 cm³/mol. The summed E-state index contributed by atoms with van der Waals surface area (Å²) in [6.07, 6.45) is 1.44. The molecule has 0 saturated heterocycles. The lowest BCUT2D eigenvalue weighted by molar-refractivity contribution is 0.0441. The quantitative estimate of drug-likeness (QED) is 0.782. The standard InChI is InChI=1S/C15H30N2O3S/c1-10(17-21(19)15(5,6)7)11-8-12(9-11)16-13(18)20-14(2,3)4/h10-12,17H,8-9H2,1-7H3,(H,16,18)/t10-,11?,12?,21?/m0/s1. The summed E-state index contributed by atoms with van der Waals surface area (Å²) in [5.41, 5.74) is -0.467. The van der Waals surface area contributed by atoms with Gasteiger partial charge in [-0.1, -0.05) is 0 Å². The van der Waals surface area contributed by atoms with E-state index >= 15 is 0 Å². The van der Waals surface area contributed by atoms with Crippen LogP contribution in [0.2, 0.25) is 0 Å². The number of carbonyl (C=O) groups is 1. The first-order chi connectivity index (χ1) is 9.38. The maximum absolute atomic E-state index is 12.0. The molecule has 2 N–H and O–H groups in total. The maximum atomic E-state index is 12.0. The van der Waals surface area contributed by atoms with E-state index in [2.05, 4.69) is 17.0 Å². The van der Waals surface area contributed by atoms with Gasteiger partial charge < -0.3 is 14.6 Å². The first-order valence-electron chi connectivity index (χ1n) is 7.56. The number of rotatable bonds is 4. The Morgan fingerprint density at radius 2 is 1.76 bits per heavy atom. The average Bonchev–Trinajstić information content (AvgIpc) is 2.18.